The predicted molar refractivity (Wildman–Crippen MR) is 88.2 cm³/mol. The van der Waals surface area contributed by atoms with E-state index in [1.807, 2.05) is 12.1 Å². The molecule has 1 nitrogen and oxygen atoms in total. The van der Waals surface area contributed by atoms with E-state index in [1.54, 1.807) is 11.3 Å². The van der Waals surface area contributed by atoms with E-state index in [1.165, 1.54) is 11.1 Å². The Morgan fingerprint density at radius 3 is 2.78 bits per heavy atom. The molecule has 0 atom stereocenters. The number of hydrogen-bond acceptors (Lipinski definition) is 2. The fraction of sp³-hybridized carbons (Fsp3) is 0.231. The predicted octanol–water partition coefficient (Wildman–Crippen LogP) is 5.70. The Labute approximate surface area is 133 Å². The van der Waals surface area contributed by atoms with Gasteiger partial charge in [-0.1, -0.05) is 39.7 Å². The zero-order valence-corrected chi connectivity index (χ0v) is 14.5. The maximum atomic E-state index is 6.31. The Kier molecular flexibility index (Phi) is 5.13. The Morgan fingerprint density at radius 1 is 1.39 bits per heavy atom. The number of benzene rings is 1. The summed E-state index contributed by atoms with van der Waals surface area (Å²) in [5, 5.41) is 3.76. The van der Waals surface area contributed by atoms with Crippen molar-refractivity contribution in [2.45, 2.75) is 11.9 Å². The maximum Gasteiger partial charge on any atom is 0.0701 e. The highest BCUT2D eigenvalue weighted by molar-refractivity contribution is 9.11. The Hall–Kier alpha value is -0.0300. The maximum absolute atomic E-state index is 6.31. The van der Waals surface area contributed by atoms with Crippen LogP contribution >= 0.6 is 54.8 Å². The number of anilines is 1. The van der Waals surface area contributed by atoms with Crippen LogP contribution in [0.4, 0.5) is 5.69 Å². The second kappa shape index (κ2) is 6.42. The van der Waals surface area contributed by atoms with Gasteiger partial charge in [-0.3, -0.25) is 0 Å². The van der Waals surface area contributed by atoms with E-state index in [9.17, 15) is 0 Å². The number of hydrogen-bond donors (Lipinski definition) is 0. The van der Waals surface area contributed by atoms with Crippen molar-refractivity contribution in [2.75, 3.05) is 11.9 Å². The van der Waals surface area contributed by atoms with Crippen LogP contribution in [0.2, 0.25) is 5.02 Å². The Bertz CT molecular complexity index is 542. The lowest BCUT2D eigenvalue weighted by Crippen LogP contribution is -2.17. The van der Waals surface area contributed by atoms with Gasteiger partial charge in [0.2, 0.25) is 0 Å². The quantitative estimate of drug-likeness (QED) is 0.586. The van der Waals surface area contributed by atoms with Crippen molar-refractivity contribution < 1.29 is 0 Å². The first-order chi connectivity index (χ1) is 8.61. The minimum atomic E-state index is 0.795. The highest BCUT2D eigenvalue weighted by atomic mass is 79.9. The number of alkyl halides is 1. The summed E-state index contributed by atoms with van der Waals surface area (Å²) in [4.78, 5) is 2.19. The summed E-state index contributed by atoms with van der Waals surface area (Å²) >= 11 is 15.0. The van der Waals surface area contributed by atoms with Crippen LogP contribution in [0.3, 0.4) is 0 Å². The van der Waals surface area contributed by atoms with Crippen LogP contribution in [-0.4, -0.2) is 7.05 Å². The molecule has 0 aliphatic heterocycles. The molecule has 0 spiro atoms. The van der Waals surface area contributed by atoms with Crippen LogP contribution in [0.15, 0.2) is 33.4 Å². The zero-order valence-electron chi connectivity index (χ0n) is 9.79. The number of nitrogens with zero attached hydrogens (tertiary/aromatic N) is 1. The van der Waals surface area contributed by atoms with Gasteiger partial charge in [0.25, 0.3) is 0 Å². The van der Waals surface area contributed by atoms with Crippen LogP contribution in [0.25, 0.3) is 0 Å². The first kappa shape index (κ1) is 14.4. The van der Waals surface area contributed by atoms with Crippen molar-refractivity contribution in [2.24, 2.45) is 0 Å². The fourth-order valence-electron chi connectivity index (χ4n) is 1.88. The highest BCUT2D eigenvalue weighted by Crippen LogP contribution is 2.32. The summed E-state index contributed by atoms with van der Waals surface area (Å²) in [6.07, 6.45) is 0. The number of para-hydroxylation sites is 1. The first-order valence-electron chi connectivity index (χ1n) is 5.39. The molecule has 18 heavy (non-hydrogen) atoms. The molecule has 0 aliphatic rings. The molecule has 0 saturated heterocycles. The highest BCUT2D eigenvalue weighted by Gasteiger charge is 2.12. The van der Waals surface area contributed by atoms with E-state index in [-0.39, 0.29) is 0 Å². The van der Waals surface area contributed by atoms with Gasteiger partial charge in [-0.15, -0.1) is 11.3 Å². The summed E-state index contributed by atoms with van der Waals surface area (Å²) in [5.74, 6) is 0. The number of thiophene rings is 1. The van der Waals surface area contributed by atoms with Gasteiger partial charge >= 0.3 is 0 Å². The van der Waals surface area contributed by atoms with Gasteiger partial charge in [-0.2, -0.15) is 0 Å². The SMILES string of the molecule is CN(Cc1csc(Br)c1)c1c(Cl)cccc1CBr. The smallest absolute Gasteiger partial charge is 0.0701 e. The van der Waals surface area contributed by atoms with Crippen molar-refractivity contribution >= 4 is 60.5 Å². The average Bonchev–Trinajstić information content (AvgIpc) is 2.74. The molecule has 0 aliphatic carbocycles. The molecule has 1 aromatic carbocycles. The summed E-state index contributed by atoms with van der Waals surface area (Å²) in [7, 11) is 2.07. The molecule has 0 fully saturated rings. The molecule has 0 amide bonds. The van der Waals surface area contributed by atoms with Gasteiger partial charge in [-0.05, 0) is 44.6 Å². The third-order valence-corrected chi connectivity index (χ3v) is 5.10. The zero-order chi connectivity index (χ0) is 13.1. The van der Waals surface area contributed by atoms with E-state index < -0.39 is 0 Å². The van der Waals surface area contributed by atoms with Crippen LogP contribution in [0.1, 0.15) is 11.1 Å². The Morgan fingerprint density at radius 2 is 2.17 bits per heavy atom. The first-order valence-corrected chi connectivity index (χ1v) is 8.56. The molecule has 0 unspecified atom stereocenters. The standard InChI is InChI=1S/C13H12Br2ClNS/c1-17(7-9-5-12(15)18-8-9)13-10(6-14)3-2-4-11(13)16/h2-5,8H,6-7H2,1H3. The van der Waals surface area contributed by atoms with Gasteiger partial charge in [-0.25, -0.2) is 0 Å². The van der Waals surface area contributed by atoms with Crippen LogP contribution in [0.5, 0.6) is 0 Å². The molecular formula is C13H12Br2ClNS. The molecule has 5 heteroatoms. The van der Waals surface area contributed by atoms with E-state index in [0.29, 0.717) is 0 Å². The second-order valence-corrected chi connectivity index (χ2v) is 7.25. The number of halogens is 3. The monoisotopic (exact) mass is 407 g/mol. The normalized spacial score (nSPS) is 10.7. The molecule has 0 N–H and O–H groups in total. The second-order valence-electron chi connectivity index (χ2n) is 4.00. The molecule has 0 saturated carbocycles. The minimum absolute atomic E-state index is 0.795. The summed E-state index contributed by atoms with van der Waals surface area (Å²) < 4.78 is 1.16. The molecule has 2 rings (SSSR count). The molecule has 0 radical (unpaired) electrons. The van der Waals surface area contributed by atoms with Crippen molar-refractivity contribution in [3.05, 3.63) is 49.6 Å². The molecule has 0 bridgehead atoms. The van der Waals surface area contributed by atoms with Crippen LogP contribution in [-0.2, 0) is 11.9 Å². The summed E-state index contributed by atoms with van der Waals surface area (Å²) in [6, 6.07) is 8.16. The largest absolute Gasteiger partial charge is 0.369 e. The van der Waals surface area contributed by atoms with Gasteiger partial charge in [0.15, 0.2) is 0 Å². The topological polar surface area (TPSA) is 3.24 Å². The van der Waals surface area contributed by atoms with E-state index >= 15 is 0 Å². The van der Waals surface area contributed by atoms with Crippen LogP contribution in [0, 0.1) is 0 Å². The number of rotatable bonds is 4. The van der Waals surface area contributed by atoms with Crippen molar-refractivity contribution in [3.8, 4) is 0 Å². The summed E-state index contributed by atoms with van der Waals surface area (Å²) in [6.45, 7) is 0.853. The third-order valence-electron chi connectivity index (χ3n) is 2.64. The van der Waals surface area contributed by atoms with E-state index in [0.717, 1.165) is 26.4 Å². The van der Waals surface area contributed by atoms with Crippen LogP contribution < -0.4 is 4.90 Å². The lowest BCUT2D eigenvalue weighted by molar-refractivity contribution is 0.921. The van der Waals surface area contributed by atoms with E-state index in [4.69, 9.17) is 11.6 Å². The summed E-state index contributed by atoms with van der Waals surface area (Å²) in [5.41, 5.74) is 3.59. The lowest BCUT2D eigenvalue weighted by atomic mass is 10.1. The molecule has 2 aromatic rings. The molecule has 1 aromatic heterocycles. The van der Waals surface area contributed by atoms with Gasteiger partial charge < -0.3 is 4.90 Å². The van der Waals surface area contributed by atoms with Gasteiger partial charge in [0.05, 0.1) is 14.5 Å². The van der Waals surface area contributed by atoms with Crippen molar-refractivity contribution in [3.63, 3.8) is 0 Å². The third kappa shape index (κ3) is 3.29. The van der Waals surface area contributed by atoms with Gasteiger partial charge in [0, 0.05) is 18.9 Å². The van der Waals surface area contributed by atoms with Crippen molar-refractivity contribution in [1.29, 1.82) is 0 Å². The Balaban J connectivity index is 2.25. The molecular weight excluding hydrogens is 397 g/mol. The lowest BCUT2D eigenvalue weighted by Gasteiger charge is -2.22. The van der Waals surface area contributed by atoms with Gasteiger partial charge in [0.1, 0.15) is 0 Å². The molecule has 96 valence electrons. The molecule has 1 heterocycles. The van der Waals surface area contributed by atoms with Crippen molar-refractivity contribution in [1.82, 2.24) is 0 Å². The fourth-order valence-corrected chi connectivity index (χ4v) is 3.87. The minimum Gasteiger partial charge on any atom is -0.369 e. The average molecular weight is 410 g/mol. The van der Waals surface area contributed by atoms with E-state index in [2.05, 4.69) is 61.3 Å².